The Morgan fingerprint density at radius 1 is 1.38 bits per heavy atom. The molecule has 7 heteroatoms. The van der Waals surface area contributed by atoms with Crippen molar-refractivity contribution in [2.45, 2.75) is 25.8 Å². The van der Waals surface area contributed by atoms with Gasteiger partial charge in [0.25, 0.3) is 0 Å². The van der Waals surface area contributed by atoms with Gasteiger partial charge < -0.3 is 20.3 Å². The van der Waals surface area contributed by atoms with Gasteiger partial charge in [-0.2, -0.15) is 0 Å². The molecule has 1 fully saturated rings. The SMILES string of the molecule is CCCCOCC(=O)N1CCNC[C@H]1C(=O)Nc1ccc(F)cc1. The molecule has 1 aliphatic heterocycles. The molecule has 1 saturated heterocycles. The zero-order chi connectivity index (χ0) is 17.4. The van der Waals surface area contributed by atoms with Crippen molar-refractivity contribution in [2.24, 2.45) is 0 Å². The Bertz CT molecular complexity index is 551. The van der Waals surface area contributed by atoms with E-state index in [4.69, 9.17) is 4.74 Å². The summed E-state index contributed by atoms with van der Waals surface area (Å²) in [6.07, 6.45) is 1.91. The predicted octanol–water partition coefficient (Wildman–Crippen LogP) is 1.38. The van der Waals surface area contributed by atoms with E-state index < -0.39 is 6.04 Å². The van der Waals surface area contributed by atoms with Gasteiger partial charge in [0.05, 0.1) is 0 Å². The Kier molecular flexibility index (Phi) is 7.14. The van der Waals surface area contributed by atoms with Crippen molar-refractivity contribution < 1.29 is 18.7 Å². The molecule has 6 nitrogen and oxygen atoms in total. The Labute approximate surface area is 141 Å². The first-order valence-corrected chi connectivity index (χ1v) is 8.26. The monoisotopic (exact) mass is 337 g/mol. The molecule has 0 aromatic heterocycles. The number of benzene rings is 1. The maximum Gasteiger partial charge on any atom is 0.249 e. The number of halogens is 1. The fourth-order valence-electron chi connectivity index (χ4n) is 2.48. The van der Waals surface area contributed by atoms with E-state index in [0.717, 1.165) is 12.8 Å². The number of anilines is 1. The van der Waals surface area contributed by atoms with Gasteiger partial charge in [0, 0.05) is 31.9 Å². The van der Waals surface area contributed by atoms with Crippen molar-refractivity contribution in [1.82, 2.24) is 10.2 Å². The topological polar surface area (TPSA) is 70.7 Å². The Balaban J connectivity index is 1.93. The summed E-state index contributed by atoms with van der Waals surface area (Å²) in [6, 6.07) is 4.93. The summed E-state index contributed by atoms with van der Waals surface area (Å²) in [4.78, 5) is 26.3. The van der Waals surface area contributed by atoms with E-state index in [-0.39, 0.29) is 24.2 Å². The zero-order valence-corrected chi connectivity index (χ0v) is 13.9. The van der Waals surface area contributed by atoms with Crippen molar-refractivity contribution >= 4 is 17.5 Å². The summed E-state index contributed by atoms with van der Waals surface area (Å²) in [5, 5.41) is 5.84. The van der Waals surface area contributed by atoms with Crippen LogP contribution in [0.5, 0.6) is 0 Å². The van der Waals surface area contributed by atoms with E-state index in [0.29, 0.717) is 31.9 Å². The molecule has 1 aromatic rings. The molecule has 2 amide bonds. The summed E-state index contributed by atoms with van der Waals surface area (Å²) in [5.74, 6) is -0.851. The molecular weight excluding hydrogens is 313 g/mol. The standard InChI is InChI=1S/C17H24FN3O3/c1-2-3-10-24-12-16(22)21-9-8-19-11-15(21)17(23)20-14-6-4-13(18)5-7-14/h4-7,15,19H,2-3,8-12H2,1H3,(H,20,23)/t15-/m0/s1. The van der Waals surface area contributed by atoms with Crippen LogP contribution in [0.3, 0.4) is 0 Å². The van der Waals surface area contributed by atoms with Crippen LogP contribution in [0.2, 0.25) is 0 Å². The van der Waals surface area contributed by atoms with Crippen molar-refractivity contribution in [1.29, 1.82) is 0 Å². The van der Waals surface area contributed by atoms with Crippen LogP contribution in [0, 0.1) is 5.82 Å². The summed E-state index contributed by atoms with van der Waals surface area (Å²) in [7, 11) is 0. The third kappa shape index (κ3) is 5.28. The maximum absolute atomic E-state index is 12.9. The second-order valence-corrected chi connectivity index (χ2v) is 5.71. The van der Waals surface area contributed by atoms with Crippen LogP contribution in [0.4, 0.5) is 10.1 Å². The van der Waals surface area contributed by atoms with E-state index >= 15 is 0 Å². The van der Waals surface area contributed by atoms with Gasteiger partial charge in [-0.25, -0.2) is 4.39 Å². The molecule has 0 aliphatic carbocycles. The summed E-state index contributed by atoms with van der Waals surface area (Å²) in [5.41, 5.74) is 0.499. The first-order chi connectivity index (χ1) is 11.6. The number of hydrogen-bond donors (Lipinski definition) is 2. The average Bonchev–Trinajstić information content (AvgIpc) is 2.60. The molecule has 132 valence electrons. The van der Waals surface area contributed by atoms with Crippen LogP contribution < -0.4 is 10.6 Å². The number of nitrogens with zero attached hydrogens (tertiary/aromatic N) is 1. The smallest absolute Gasteiger partial charge is 0.249 e. The normalized spacial score (nSPS) is 17.6. The van der Waals surface area contributed by atoms with Gasteiger partial charge in [0.2, 0.25) is 11.8 Å². The van der Waals surface area contributed by atoms with E-state index in [1.54, 1.807) is 4.90 Å². The van der Waals surface area contributed by atoms with E-state index in [1.807, 2.05) is 0 Å². The minimum Gasteiger partial charge on any atom is -0.372 e. The molecule has 1 atom stereocenters. The third-order valence-electron chi connectivity index (χ3n) is 3.85. The van der Waals surface area contributed by atoms with Gasteiger partial charge in [-0.1, -0.05) is 13.3 Å². The van der Waals surface area contributed by atoms with Crippen molar-refractivity contribution in [3.8, 4) is 0 Å². The van der Waals surface area contributed by atoms with Gasteiger partial charge in [-0.15, -0.1) is 0 Å². The number of rotatable bonds is 7. The van der Waals surface area contributed by atoms with E-state index in [2.05, 4.69) is 17.6 Å². The Morgan fingerprint density at radius 3 is 2.83 bits per heavy atom. The van der Waals surface area contributed by atoms with Crippen LogP contribution >= 0.6 is 0 Å². The van der Waals surface area contributed by atoms with Gasteiger partial charge in [-0.3, -0.25) is 9.59 Å². The number of piperazine rings is 1. The fraction of sp³-hybridized carbons (Fsp3) is 0.529. The molecule has 0 spiro atoms. The van der Waals surface area contributed by atoms with E-state index in [9.17, 15) is 14.0 Å². The number of ether oxygens (including phenoxy) is 1. The molecule has 0 unspecified atom stereocenters. The molecule has 0 saturated carbocycles. The second-order valence-electron chi connectivity index (χ2n) is 5.71. The highest BCUT2D eigenvalue weighted by atomic mass is 19.1. The van der Waals surface area contributed by atoms with Crippen LogP contribution in [0.25, 0.3) is 0 Å². The van der Waals surface area contributed by atoms with Gasteiger partial charge in [0.1, 0.15) is 18.5 Å². The average molecular weight is 337 g/mol. The third-order valence-corrected chi connectivity index (χ3v) is 3.85. The summed E-state index contributed by atoms with van der Waals surface area (Å²) >= 11 is 0. The number of carbonyl (C=O) groups excluding carboxylic acids is 2. The fourth-order valence-corrected chi connectivity index (χ4v) is 2.48. The van der Waals surface area contributed by atoms with E-state index in [1.165, 1.54) is 24.3 Å². The molecule has 1 aromatic carbocycles. The van der Waals surface area contributed by atoms with Crippen LogP contribution in [-0.2, 0) is 14.3 Å². The zero-order valence-electron chi connectivity index (χ0n) is 13.9. The molecular formula is C17H24FN3O3. The second kappa shape index (κ2) is 9.34. The highest BCUT2D eigenvalue weighted by Gasteiger charge is 2.32. The number of amides is 2. The number of hydrogen-bond acceptors (Lipinski definition) is 4. The largest absolute Gasteiger partial charge is 0.372 e. The minimum atomic E-state index is -0.605. The molecule has 0 radical (unpaired) electrons. The first-order valence-electron chi connectivity index (χ1n) is 8.26. The minimum absolute atomic E-state index is 0.0136. The molecule has 24 heavy (non-hydrogen) atoms. The highest BCUT2D eigenvalue weighted by molar-refractivity contribution is 5.97. The van der Waals surface area contributed by atoms with Gasteiger partial charge in [0.15, 0.2) is 0 Å². The van der Waals surface area contributed by atoms with Crippen molar-refractivity contribution in [3.05, 3.63) is 30.1 Å². The van der Waals surface area contributed by atoms with Crippen LogP contribution in [0.1, 0.15) is 19.8 Å². The van der Waals surface area contributed by atoms with Crippen LogP contribution in [0.15, 0.2) is 24.3 Å². The molecule has 2 N–H and O–H groups in total. The maximum atomic E-state index is 12.9. The predicted molar refractivity (Wildman–Crippen MR) is 89.1 cm³/mol. The summed E-state index contributed by atoms with van der Waals surface area (Å²) in [6.45, 7) is 4.06. The lowest BCUT2D eigenvalue weighted by atomic mass is 10.1. The van der Waals surface area contributed by atoms with Crippen molar-refractivity contribution in [2.75, 3.05) is 38.2 Å². The molecule has 2 rings (SSSR count). The van der Waals surface area contributed by atoms with Crippen molar-refractivity contribution in [3.63, 3.8) is 0 Å². The first kappa shape index (κ1) is 18.4. The molecule has 1 aliphatic rings. The Hall–Kier alpha value is -1.99. The quantitative estimate of drug-likeness (QED) is 0.738. The highest BCUT2D eigenvalue weighted by Crippen LogP contribution is 2.12. The number of unbranched alkanes of at least 4 members (excludes halogenated alkanes) is 1. The molecule has 1 heterocycles. The lowest BCUT2D eigenvalue weighted by molar-refractivity contribution is -0.143. The molecule has 0 bridgehead atoms. The lowest BCUT2D eigenvalue weighted by Crippen LogP contribution is -2.59. The number of carbonyl (C=O) groups is 2. The van der Waals surface area contributed by atoms with Gasteiger partial charge in [-0.05, 0) is 30.7 Å². The van der Waals surface area contributed by atoms with Gasteiger partial charge >= 0.3 is 0 Å². The number of nitrogens with one attached hydrogen (secondary N) is 2. The summed E-state index contributed by atoms with van der Waals surface area (Å²) < 4.78 is 18.3. The lowest BCUT2D eigenvalue weighted by Gasteiger charge is -2.35. The Morgan fingerprint density at radius 2 is 2.12 bits per heavy atom. The van der Waals surface area contributed by atoms with Crippen LogP contribution in [-0.4, -0.2) is 55.6 Å².